The van der Waals surface area contributed by atoms with Gasteiger partial charge in [0.25, 0.3) is 0 Å². The molecule has 2 atom stereocenters. The van der Waals surface area contributed by atoms with Crippen LogP contribution >= 0.6 is 0 Å². The third-order valence-electron chi connectivity index (χ3n) is 3.16. The lowest BCUT2D eigenvalue weighted by Gasteiger charge is -2.41. The Morgan fingerprint density at radius 3 is 2.60 bits per heavy atom. The average Bonchev–Trinajstić information content (AvgIpc) is 2.13. The van der Waals surface area contributed by atoms with Crippen LogP contribution in [-0.2, 0) is 9.53 Å². The molecule has 0 aliphatic heterocycles. The summed E-state index contributed by atoms with van der Waals surface area (Å²) in [6.07, 6.45) is 1.84. The van der Waals surface area contributed by atoms with Crippen molar-refractivity contribution >= 4 is 5.97 Å². The van der Waals surface area contributed by atoms with E-state index in [1.807, 2.05) is 6.92 Å². The molecular weight excluding hydrogens is 194 g/mol. The molecule has 2 unspecified atom stereocenters. The van der Waals surface area contributed by atoms with E-state index in [4.69, 9.17) is 9.84 Å². The Hall–Kier alpha value is -0.610. The largest absolute Gasteiger partial charge is 0.481 e. The summed E-state index contributed by atoms with van der Waals surface area (Å²) in [4.78, 5) is 13.1. The highest BCUT2D eigenvalue weighted by atomic mass is 16.5. The lowest BCUT2D eigenvalue weighted by atomic mass is 9.78. The molecule has 1 N–H and O–H groups in total. The summed E-state index contributed by atoms with van der Waals surface area (Å²) >= 11 is 0. The maximum atomic E-state index is 10.9. The van der Waals surface area contributed by atoms with Gasteiger partial charge in [0, 0.05) is 19.2 Å². The smallest absolute Gasteiger partial charge is 0.308 e. The van der Waals surface area contributed by atoms with Gasteiger partial charge in [0.2, 0.25) is 0 Å². The molecule has 1 rings (SSSR count). The fraction of sp³-hybridized carbons (Fsp3) is 0.909. The minimum atomic E-state index is -0.652. The Bertz CT molecular complexity index is 208. The molecule has 88 valence electrons. The topological polar surface area (TPSA) is 49.8 Å². The van der Waals surface area contributed by atoms with E-state index in [1.54, 1.807) is 0 Å². The molecule has 1 saturated carbocycles. The van der Waals surface area contributed by atoms with Gasteiger partial charge in [-0.2, -0.15) is 0 Å². The van der Waals surface area contributed by atoms with Crippen LogP contribution in [-0.4, -0.2) is 48.3 Å². The Morgan fingerprint density at radius 2 is 2.20 bits per heavy atom. The summed E-state index contributed by atoms with van der Waals surface area (Å²) in [5, 5.41) is 8.96. The van der Waals surface area contributed by atoms with Crippen LogP contribution in [0.25, 0.3) is 0 Å². The minimum absolute atomic E-state index is 0.161. The first-order chi connectivity index (χ1) is 7.20. The number of aliphatic carboxylic acids is 1. The Kier molecular flexibility index (Phi) is 5.05. The van der Waals surface area contributed by atoms with Crippen LogP contribution in [0.5, 0.6) is 0 Å². The van der Waals surface area contributed by atoms with Crippen molar-refractivity contribution in [3.8, 4) is 0 Å². The van der Waals surface area contributed by atoms with E-state index in [0.29, 0.717) is 6.61 Å². The second-order valence-electron chi connectivity index (χ2n) is 3.91. The number of likely N-dealkylation sites (N-methyl/N-ethyl adjacent to an activating group) is 1. The van der Waals surface area contributed by atoms with Crippen molar-refractivity contribution in [3.63, 3.8) is 0 Å². The van der Waals surface area contributed by atoms with E-state index in [1.165, 1.54) is 0 Å². The molecule has 15 heavy (non-hydrogen) atoms. The summed E-state index contributed by atoms with van der Waals surface area (Å²) in [7, 11) is 0. The lowest BCUT2D eigenvalue weighted by Crippen LogP contribution is -2.51. The van der Waals surface area contributed by atoms with E-state index < -0.39 is 5.97 Å². The van der Waals surface area contributed by atoms with Crippen LogP contribution in [0.15, 0.2) is 0 Å². The van der Waals surface area contributed by atoms with Gasteiger partial charge in [0.05, 0.1) is 12.5 Å². The normalized spacial score (nSPS) is 25.3. The molecule has 1 aliphatic rings. The highest BCUT2D eigenvalue weighted by molar-refractivity contribution is 5.72. The monoisotopic (exact) mass is 215 g/mol. The molecule has 0 spiro atoms. The van der Waals surface area contributed by atoms with Crippen molar-refractivity contribution in [3.05, 3.63) is 0 Å². The van der Waals surface area contributed by atoms with Crippen molar-refractivity contribution in [2.24, 2.45) is 5.92 Å². The SMILES string of the molecule is CCOCCN(CC)C1CCC1C(=O)O. The first-order valence-electron chi connectivity index (χ1n) is 5.75. The Balaban J connectivity index is 2.34. The molecule has 0 heterocycles. The van der Waals surface area contributed by atoms with Crippen LogP contribution < -0.4 is 0 Å². The van der Waals surface area contributed by atoms with Gasteiger partial charge in [-0.05, 0) is 26.3 Å². The average molecular weight is 215 g/mol. The molecule has 0 amide bonds. The molecule has 0 aromatic carbocycles. The number of ether oxygens (including phenoxy) is 1. The van der Waals surface area contributed by atoms with E-state index >= 15 is 0 Å². The first-order valence-corrected chi connectivity index (χ1v) is 5.75. The van der Waals surface area contributed by atoms with Gasteiger partial charge >= 0.3 is 5.97 Å². The predicted octanol–water partition coefficient (Wildman–Crippen LogP) is 1.21. The van der Waals surface area contributed by atoms with E-state index in [-0.39, 0.29) is 12.0 Å². The Labute approximate surface area is 91.2 Å². The molecule has 1 aliphatic carbocycles. The molecule has 4 nitrogen and oxygen atoms in total. The third-order valence-corrected chi connectivity index (χ3v) is 3.16. The number of carboxylic acids is 1. The molecule has 1 fully saturated rings. The number of rotatable bonds is 7. The van der Waals surface area contributed by atoms with Crippen LogP contribution in [0.4, 0.5) is 0 Å². The second-order valence-corrected chi connectivity index (χ2v) is 3.91. The number of nitrogens with zero attached hydrogens (tertiary/aromatic N) is 1. The van der Waals surface area contributed by atoms with Gasteiger partial charge < -0.3 is 9.84 Å². The fourth-order valence-electron chi connectivity index (χ4n) is 2.09. The fourth-order valence-corrected chi connectivity index (χ4v) is 2.09. The number of carboxylic acid groups (broad SMARTS) is 1. The second kappa shape index (κ2) is 6.08. The third kappa shape index (κ3) is 3.18. The summed E-state index contributed by atoms with van der Waals surface area (Å²) in [5.74, 6) is -0.812. The standard InChI is InChI=1S/C11H21NO3/c1-3-12(7-8-15-4-2)10-6-5-9(10)11(13)14/h9-10H,3-8H2,1-2H3,(H,13,14). The summed E-state index contributed by atoms with van der Waals surface area (Å²) in [6, 6.07) is 0.230. The molecule has 0 aromatic heterocycles. The zero-order chi connectivity index (χ0) is 11.3. The number of hydrogen-bond acceptors (Lipinski definition) is 3. The maximum absolute atomic E-state index is 10.9. The van der Waals surface area contributed by atoms with Crippen LogP contribution in [0.3, 0.4) is 0 Å². The van der Waals surface area contributed by atoms with E-state index in [9.17, 15) is 4.79 Å². The lowest BCUT2D eigenvalue weighted by molar-refractivity contribution is -0.149. The predicted molar refractivity (Wildman–Crippen MR) is 57.9 cm³/mol. The number of carbonyl (C=O) groups is 1. The van der Waals surface area contributed by atoms with Gasteiger partial charge in [0.15, 0.2) is 0 Å². The first kappa shape index (κ1) is 12.5. The molecule has 0 radical (unpaired) electrons. The van der Waals surface area contributed by atoms with Crippen molar-refractivity contribution in [1.29, 1.82) is 0 Å². The zero-order valence-electron chi connectivity index (χ0n) is 9.61. The van der Waals surface area contributed by atoms with Crippen molar-refractivity contribution in [2.75, 3.05) is 26.3 Å². The van der Waals surface area contributed by atoms with Gasteiger partial charge in [-0.1, -0.05) is 6.92 Å². The van der Waals surface area contributed by atoms with Crippen molar-refractivity contribution < 1.29 is 14.6 Å². The molecule has 0 saturated heterocycles. The highest BCUT2D eigenvalue weighted by Gasteiger charge is 2.39. The van der Waals surface area contributed by atoms with E-state index in [2.05, 4.69) is 11.8 Å². The van der Waals surface area contributed by atoms with Crippen molar-refractivity contribution in [1.82, 2.24) is 4.90 Å². The van der Waals surface area contributed by atoms with Crippen LogP contribution in [0.1, 0.15) is 26.7 Å². The minimum Gasteiger partial charge on any atom is -0.481 e. The molecule has 0 bridgehead atoms. The quantitative estimate of drug-likeness (QED) is 0.648. The summed E-state index contributed by atoms with van der Waals surface area (Å²) in [6.45, 7) is 7.22. The summed E-state index contributed by atoms with van der Waals surface area (Å²) in [5.41, 5.74) is 0. The Morgan fingerprint density at radius 1 is 1.47 bits per heavy atom. The molecule has 4 heteroatoms. The zero-order valence-corrected chi connectivity index (χ0v) is 9.61. The van der Waals surface area contributed by atoms with Gasteiger partial charge in [-0.25, -0.2) is 0 Å². The van der Waals surface area contributed by atoms with Crippen LogP contribution in [0.2, 0.25) is 0 Å². The number of hydrogen-bond donors (Lipinski definition) is 1. The highest BCUT2D eigenvalue weighted by Crippen LogP contribution is 2.32. The van der Waals surface area contributed by atoms with Crippen molar-refractivity contribution in [2.45, 2.75) is 32.7 Å². The van der Waals surface area contributed by atoms with E-state index in [0.717, 1.165) is 32.5 Å². The maximum Gasteiger partial charge on any atom is 0.308 e. The van der Waals surface area contributed by atoms with Gasteiger partial charge in [-0.3, -0.25) is 9.69 Å². The summed E-state index contributed by atoms with van der Waals surface area (Å²) < 4.78 is 5.29. The van der Waals surface area contributed by atoms with Gasteiger partial charge in [-0.15, -0.1) is 0 Å². The van der Waals surface area contributed by atoms with Gasteiger partial charge in [0.1, 0.15) is 0 Å². The molecular formula is C11H21NO3. The molecule has 0 aromatic rings. The van der Waals surface area contributed by atoms with Crippen LogP contribution in [0, 0.1) is 5.92 Å².